The molecule has 0 radical (unpaired) electrons. The molecule has 4 aromatic rings. The normalized spacial score (nSPS) is 14.3. The summed E-state index contributed by atoms with van der Waals surface area (Å²) < 4.78 is 17.4. The number of carbonyl (C=O) groups is 1. The Balaban J connectivity index is 1.15. The molecule has 3 aromatic carbocycles. The van der Waals surface area contributed by atoms with Crippen LogP contribution in [0.25, 0.3) is 22.3 Å². The van der Waals surface area contributed by atoms with Gasteiger partial charge in [-0.1, -0.05) is 30.3 Å². The molecule has 0 bridgehead atoms. The summed E-state index contributed by atoms with van der Waals surface area (Å²) in [6, 6.07) is 25.3. The van der Waals surface area contributed by atoms with Crippen LogP contribution in [0.5, 0.6) is 11.5 Å². The number of furan rings is 1. The van der Waals surface area contributed by atoms with Gasteiger partial charge in [0, 0.05) is 36.9 Å². The van der Waals surface area contributed by atoms with E-state index in [4.69, 9.17) is 13.9 Å². The number of methoxy groups -OCH3 is 1. The topological polar surface area (TPSA) is 63.9 Å². The van der Waals surface area contributed by atoms with E-state index in [0.29, 0.717) is 24.5 Å². The Kier molecular flexibility index (Phi) is 5.89. The van der Waals surface area contributed by atoms with Crippen molar-refractivity contribution < 1.29 is 18.7 Å². The third-order valence-corrected chi connectivity index (χ3v) is 5.94. The highest BCUT2D eigenvalue weighted by atomic mass is 16.5. The zero-order valence-electron chi connectivity index (χ0n) is 18.5. The Morgan fingerprint density at radius 2 is 1.70 bits per heavy atom. The number of benzene rings is 3. The number of hydrogen-bond acceptors (Lipinski definition) is 4. The zero-order valence-corrected chi connectivity index (χ0v) is 18.5. The monoisotopic (exact) mass is 442 g/mol. The van der Waals surface area contributed by atoms with Gasteiger partial charge in [0.25, 0.3) is 0 Å². The quantitative estimate of drug-likeness (QED) is 0.401. The van der Waals surface area contributed by atoms with Crippen molar-refractivity contribution >= 4 is 22.7 Å². The second-order valence-electron chi connectivity index (χ2n) is 8.11. The van der Waals surface area contributed by atoms with Crippen molar-refractivity contribution in [1.82, 2.24) is 4.90 Å². The molecule has 1 aromatic heterocycles. The number of para-hydroxylation sites is 3. The lowest BCUT2D eigenvalue weighted by Gasteiger charge is -2.32. The molecule has 33 heavy (non-hydrogen) atoms. The number of likely N-dealkylation sites (tertiary alicyclic amines) is 1. The molecular weight excluding hydrogens is 416 g/mol. The van der Waals surface area contributed by atoms with Crippen molar-refractivity contribution in [3.63, 3.8) is 0 Å². The molecule has 5 rings (SSSR count). The van der Waals surface area contributed by atoms with E-state index in [1.165, 1.54) is 0 Å². The molecule has 168 valence electrons. The molecule has 1 aliphatic rings. The summed E-state index contributed by atoms with van der Waals surface area (Å²) in [6.07, 6.45) is 1.65. The first-order valence-electron chi connectivity index (χ1n) is 11.1. The van der Waals surface area contributed by atoms with Crippen LogP contribution in [0.15, 0.2) is 83.3 Å². The van der Waals surface area contributed by atoms with Crippen LogP contribution in [-0.4, -0.2) is 37.2 Å². The maximum absolute atomic E-state index is 12.6. The molecule has 1 saturated heterocycles. The second-order valence-corrected chi connectivity index (χ2v) is 8.11. The molecule has 6 heteroatoms. The van der Waals surface area contributed by atoms with Crippen molar-refractivity contribution in [2.45, 2.75) is 18.9 Å². The first kappa shape index (κ1) is 20.9. The minimum Gasteiger partial charge on any atom is -0.495 e. The molecule has 0 unspecified atom stereocenters. The van der Waals surface area contributed by atoms with Gasteiger partial charge in [0.05, 0.1) is 12.8 Å². The van der Waals surface area contributed by atoms with E-state index < -0.39 is 0 Å². The third-order valence-electron chi connectivity index (χ3n) is 5.94. The van der Waals surface area contributed by atoms with Gasteiger partial charge in [-0.2, -0.15) is 0 Å². The molecule has 1 N–H and O–H groups in total. The van der Waals surface area contributed by atoms with E-state index >= 15 is 0 Å². The summed E-state index contributed by atoms with van der Waals surface area (Å²) in [5.74, 6) is 2.32. The average Bonchev–Trinajstić information content (AvgIpc) is 3.30. The smallest absolute Gasteiger partial charge is 0.321 e. The summed E-state index contributed by atoms with van der Waals surface area (Å²) >= 11 is 0. The fraction of sp³-hybridized carbons (Fsp3) is 0.222. The zero-order chi connectivity index (χ0) is 22.6. The van der Waals surface area contributed by atoms with Crippen molar-refractivity contribution in [1.29, 1.82) is 0 Å². The molecule has 0 spiro atoms. The molecule has 6 nitrogen and oxygen atoms in total. The Morgan fingerprint density at radius 3 is 2.45 bits per heavy atom. The second kappa shape index (κ2) is 9.28. The number of anilines is 1. The molecule has 2 amide bonds. The first-order valence-corrected chi connectivity index (χ1v) is 11.1. The SMILES string of the molecule is COc1ccccc1NC(=O)N1CCC(Oc2ccc(-c3cc4ccccc4o3)cc2)CC1. The minimum absolute atomic E-state index is 0.0809. The van der Waals surface area contributed by atoms with Crippen molar-refractivity contribution in [2.75, 3.05) is 25.5 Å². The van der Waals surface area contributed by atoms with Gasteiger partial charge in [-0.05, 0) is 48.5 Å². The van der Waals surface area contributed by atoms with E-state index in [9.17, 15) is 4.79 Å². The van der Waals surface area contributed by atoms with Gasteiger partial charge >= 0.3 is 6.03 Å². The maximum Gasteiger partial charge on any atom is 0.321 e. The van der Waals surface area contributed by atoms with Crippen LogP contribution in [-0.2, 0) is 0 Å². The van der Waals surface area contributed by atoms with Crippen molar-refractivity contribution in [2.24, 2.45) is 0 Å². The molecule has 0 saturated carbocycles. The predicted molar refractivity (Wildman–Crippen MR) is 129 cm³/mol. The van der Waals surface area contributed by atoms with Gasteiger partial charge in [-0.15, -0.1) is 0 Å². The van der Waals surface area contributed by atoms with Crippen molar-refractivity contribution in [3.8, 4) is 22.8 Å². The Morgan fingerprint density at radius 1 is 0.970 bits per heavy atom. The van der Waals surface area contributed by atoms with Gasteiger partial charge in [0.2, 0.25) is 0 Å². The van der Waals surface area contributed by atoms with E-state index in [0.717, 1.165) is 40.9 Å². The van der Waals surface area contributed by atoms with Crippen LogP contribution >= 0.6 is 0 Å². The largest absolute Gasteiger partial charge is 0.495 e. The Hall–Kier alpha value is -3.93. The summed E-state index contributed by atoms with van der Waals surface area (Å²) in [7, 11) is 1.59. The summed E-state index contributed by atoms with van der Waals surface area (Å²) in [5.41, 5.74) is 2.57. The van der Waals surface area contributed by atoms with Crippen LogP contribution < -0.4 is 14.8 Å². The summed E-state index contributed by atoms with van der Waals surface area (Å²) in [6.45, 7) is 1.28. The molecule has 0 aliphatic carbocycles. The number of hydrogen-bond donors (Lipinski definition) is 1. The van der Waals surface area contributed by atoms with E-state index in [-0.39, 0.29) is 12.1 Å². The maximum atomic E-state index is 12.6. The molecular formula is C27H26N2O4. The highest BCUT2D eigenvalue weighted by Crippen LogP contribution is 2.30. The van der Waals surface area contributed by atoms with Crippen LogP contribution in [0.2, 0.25) is 0 Å². The highest BCUT2D eigenvalue weighted by Gasteiger charge is 2.24. The van der Waals surface area contributed by atoms with Crippen LogP contribution in [0, 0.1) is 0 Å². The van der Waals surface area contributed by atoms with E-state index in [2.05, 4.69) is 11.4 Å². The number of carbonyl (C=O) groups excluding carboxylic acids is 1. The lowest BCUT2D eigenvalue weighted by molar-refractivity contribution is 0.115. The number of urea groups is 1. The summed E-state index contributed by atoms with van der Waals surface area (Å²) in [4.78, 5) is 14.5. The van der Waals surface area contributed by atoms with Gasteiger partial charge < -0.3 is 24.1 Å². The van der Waals surface area contributed by atoms with Crippen LogP contribution in [0.3, 0.4) is 0 Å². The fourth-order valence-corrected chi connectivity index (χ4v) is 4.13. The Labute approximate surface area is 192 Å². The number of piperidine rings is 1. The molecule has 2 heterocycles. The standard InChI is InChI=1S/C27H26N2O4/c1-31-25-9-5-3-7-23(25)28-27(30)29-16-14-22(15-17-29)32-21-12-10-19(11-13-21)26-18-20-6-2-4-8-24(20)33-26/h2-13,18,22H,14-17H2,1H3,(H,28,30). The number of nitrogens with zero attached hydrogens (tertiary/aromatic N) is 1. The van der Waals surface area contributed by atoms with Crippen LogP contribution in [0.1, 0.15) is 12.8 Å². The minimum atomic E-state index is -0.117. The van der Waals surface area contributed by atoms with Gasteiger partial charge in [0.1, 0.15) is 28.9 Å². The molecule has 1 fully saturated rings. The van der Waals surface area contributed by atoms with Gasteiger partial charge in [0.15, 0.2) is 0 Å². The van der Waals surface area contributed by atoms with E-state index in [1.807, 2.05) is 77.7 Å². The number of ether oxygens (including phenoxy) is 2. The molecule has 1 aliphatic heterocycles. The molecule has 0 atom stereocenters. The predicted octanol–water partition coefficient (Wildman–Crippen LogP) is 6.18. The number of fused-ring (bicyclic) bond motifs is 1. The number of rotatable bonds is 5. The Bertz CT molecular complexity index is 1210. The van der Waals surface area contributed by atoms with Gasteiger partial charge in [-0.3, -0.25) is 0 Å². The third kappa shape index (κ3) is 4.65. The van der Waals surface area contributed by atoms with Crippen LogP contribution in [0.4, 0.5) is 10.5 Å². The average molecular weight is 443 g/mol. The van der Waals surface area contributed by atoms with Gasteiger partial charge in [-0.25, -0.2) is 4.79 Å². The van der Waals surface area contributed by atoms with E-state index in [1.54, 1.807) is 7.11 Å². The lowest BCUT2D eigenvalue weighted by atomic mass is 10.1. The number of amides is 2. The fourth-order valence-electron chi connectivity index (χ4n) is 4.13. The number of nitrogens with one attached hydrogen (secondary N) is 1. The highest BCUT2D eigenvalue weighted by molar-refractivity contribution is 5.91. The summed E-state index contributed by atoms with van der Waals surface area (Å²) in [5, 5.41) is 4.03. The lowest BCUT2D eigenvalue weighted by Crippen LogP contribution is -2.43. The first-order chi connectivity index (χ1) is 16.2. The van der Waals surface area contributed by atoms with Crippen molar-refractivity contribution in [3.05, 3.63) is 78.9 Å².